The van der Waals surface area contributed by atoms with Gasteiger partial charge in [-0.3, -0.25) is 0 Å². The average Bonchev–Trinajstić information content (AvgIpc) is 3.20. The summed E-state index contributed by atoms with van der Waals surface area (Å²) in [5, 5.41) is 0. The van der Waals surface area contributed by atoms with Crippen LogP contribution in [-0.2, 0) is 6.42 Å². The Morgan fingerprint density at radius 2 is 0.647 bits per heavy atom. The minimum atomic E-state index is 0.799. The molecule has 8 aromatic carbocycles. The molecule has 51 heavy (non-hydrogen) atoms. The molecule has 0 unspecified atom stereocenters. The molecule has 2 nitrogen and oxygen atoms in total. The van der Waals surface area contributed by atoms with Crippen molar-refractivity contribution < 1.29 is 0 Å². The number of hydrogen-bond acceptors (Lipinski definition) is 2. The van der Waals surface area contributed by atoms with E-state index in [0.717, 1.165) is 40.5 Å². The maximum absolute atomic E-state index is 2.46. The van der Waals surface area contributed by atoms with Crippen LogP contribution in [0, 0.1) is 0 Å². The molecule has 0 aliphatic carbocycles. The molecule has 0 aromatic heterocycles. The molecule has 8 aromatic rings. The van der Waals surface area contributed by atoms with Gasteiger partial charge in [0, 0.05) is 39.6 Å². The maximum Gasteiger partial charge on any atom is 0.0618 e. The molecule has 0 fully saturated rings. The van der Waals surface area contributed by atoms with Crippen molar-refractivity contribution in [1.29, 1.82) is 0 Å². The van der Waals surface area contributed by atoms with E-state index in [4.69, 9.17) is 0 Å². The molecular formula is C49H38N2. The Hall–Kier alpha value is -6.64. The van der Waals surface area contributed by atoms with E-state index in [9.17, 15) is 0 Å². The van der Waals surface area contributed by atoms with Crippen LogP contribution in [0.5, 0.6) is 0 Å². The van der Waals surface area contributed by atoms with Crippen molar-refractivity contribution >= 4 is 34.1 Å². The second-order valence-electron chi connectivity index (χ2n) is 12.6. The van der Waals surface area contributed by atoms with Crippen LogP contribution in [0.15, 0.2) is 218 Å². The van der Waals surface area contributed by atoms with Gasteiger partial charge in [-0.15, -0.1) is 0 Å². The molecule has 8 rings (SSSR count). The maximum atomic E-state index is 2.46. The number of hydrogen-bond donors (Lipinski definition) is 0. The molecule has 0 radical (unpaired) electrons. The van der Waals surface area contributed by atoms with Gasteiger partial charge in [-0.05, 0) is 83.3 Å². The zero-order valence-corrected chi connectivity index (χ0v) is 28.4. The minimum Gasteiger partial charge on any atom is -0.310 e. The Kier molecular flexibility index (Phi) is 9.21. The van der Waals surface area contributed by atoms with Crippen molar-refractivity contribution in [2.75, 3.05) is 9.80 Å². The Bertz CT molecular complexity index is 2210. The van der Waals surface area contributed by atoms with Gasteiger partial charge >= 0.3 is 0 Å². The first kappa shape index (κ1) is 31.6. The van der Waals surface area contributed by atoms with Gasteiger partial charge in [0.1, 0.15) is 0 Å². The first-order valence-corrected chi connectivity index (χ1v) is 17.5. The van der Waals surface area contributed by atoms with Gasteiger partial charge in [0.25, 0.3) is 0 Å². The van der Waals surface area contributed by atoms with Crippen LogP contribution in [0.4, 0.5) is 34.1 Å². The van der Waals surface area contributed by atoms with Gasteiger partial charge in [0.05, 0.1) is 5.69 Å². The van der Waals surface area contributed by atoms with E-state index in [1.165, 1.54) is 33.4 Å². The largest absolute Gasteiger partial charge is 0.310 e. The van der Waals surface area contributed by atoms with Crippen LogP contribution >= 0.6 is 0 Å². The molecule has 0 N–H and O–H groups in total. The standard InChI is InChI=1S/C49H38N2/c1-7-20-38(21-8-1)34-39-35-45(50(42-26-13-4-14-27-42)43-28-15-5-16-29-43)37-46(36-39)51(44-30-17-6-18-31-44)49-47(40-22-9-2-10-23-40)32-19-33-48(49)41-24-11-3-12-25-41/h1-33,35-37H,34H2. The molecule has 0 heterocycles. The predicted molar refractivity (Wildman–Crippen MR) is 216 cm³/mol. The van der Waals surface area contributed by atoms with Crippen molar-refractivity contribution in [1.82, 2.24) is 0 Å². The summed E-state index contributed by atoms with van der Waals surface area (Å²) in [4.78, 5) is 4.82. The van der Waals surface area contributed by atoms with Gasteiger partial charge in [-0.25, -0.2) is 0 Å². The summed E-state index contributed by atoms with van der Waals surface area (Å²) < 4.78 is 0. The molecule has 244 valence electrons. The fraction of sp³-hybridized carbons (Fsp3) is 0.0204. The summed E-state index contributed by atoms with van der Waals surface area (Å²) >= 11 is 0. The summed E-state index contributed by atoms with van der Waals surface area (Å²) in [6.07, 6.45) is 0.799. The van der Waals surface area contributed by atoms with Crippen molar-refractivity contribution in [3.8, 4) is 22.3 Å². The number of anilines is 6. The van der Waals surface area contributed by atoms with E-state index in [1.807, 2.05) is 0 Å². The third-order valence-electron chi connectivity index (χ3n) is 9.20. The molecule has 0 spiro atoms. The van der Waals surface area contributed by atoms with E-state index in [0.29, 0.717) is 0 Å². The van der Waals surface area contributed by atoms with Crippen LogP contribution in [0.1, 0.15) is 11.1 Å². The Balaban J connectivity index is 1.43. The lowest BCUT2D eigenvalue weighted by molar-refractivity contribution is 1.16. The third-order valence-corrected chi connectivity index (χ3v) is 9.20. The fourth-order valence-corrected chi connectivity index (χ4v) is 6.92. The second-order valence-corrected chi connectivity index (χ2v) is 12.6. The lowest BCUT2D eigenvalue weighted by Crippen LogP contribution is -2.15. The molecule has 0 aliphatic heterocycles. The summed E-state index contributed by atoms with van der Waals surface area (Å²) in [5.41, 5.74) is 13.8. The number of benzene rings is 8. The first-order chi connectivity index (χ1) is 25.3. The van der Waals surface area contributed by atoms with Crippen molar-refractivity contribution in [3.05, 3.63) is 230 Å². The Morgan fingerprint density at radius 3 is 1.10 bits per heavy atom. The highest BCUT2D eigenvalue weighted by atomic mass is 15.2. The van der Waals surface area contributed by atoms with Crippen molar-refractivity contribution in [2.24, 2.45) is 0 Å². The summed E-state index contributed by atoms with van der Waals surface area (Å²) in [6.45, 7) is 0. The van der Waals surface area contributed by atoms with Crippen molar-refractivity contribution in [3.63, 3.8) is 0 Å². The summed E-state index contributed by atoms with van der Waals surface area (Å²) in [7, 11) is 0. The van der Waals surface area contributed by atoms with Gasteiger partial charge in [0.2, 0.25) is 0 Å². The second kappa shape index (κ2) is 14.9. The van der Waals surface area contributed by atoms with Crippen molar-refractivity contribution in [2.45, 2.75) is 6.42 Å². The van der Waals surface area contributed by atoms with Crippen LogP contribution in [0.25, 0.3) is 22.3 Å². The van der Waals surface area contributed by atoms with Gasteiger partial charge in [0.15, 0.2) is 0 Å². The molecule has 0 aliphatic rings. The zero-order valence-electron chi connectivity index (χ0n) is 28.4. The molecular weight excluding hydrogens is 617 g/mol. The lowest BCUT2D eigenvalue weighted by atomic mass is 9.94. The van der Waals surface area contributed by atoms with E-state index in [-0.39, 0.29) is 0 Å². The monoisotopic (exact) mass is 654 g/mol. The highest BCUT2D eigenvalue weighted by molar-refractivity contribution is 5.98. The summed E-state index contributed by atoms with van der Waals surface area (Å²) in [6, 6.07) is 78.1. The van der Waals surface area contributed by atoms with Gasteiger partial charge in [-0.2, -0.15) is 0 Å². The zero-order chi connectivity index (χ0) is 34.2. The van der Waals surface area contributed by atoms with E-state index in [2.05, 4.69) is 228 Å². The predicted octanol–water partition coefficient (Wildman–Crippen LogP) is 13.6. The number of nitrogens with zero attached hydrogens (tertiary/aromatic N) is 2. The molecule has 0 saturated heterocycles. The molecule has 2 heteroatoms. The topological polar surface area (TPSA) is 6.48 Å². The van der Waals surface area contributed by atoms with Gasteiger partial charge in [-0.1, -0.05) is 164 Å². The summed E-state index contributed by atoms with van der Waals surface area (Å²) in [5.74, 6) is 0. The first-order valence-electron chi connectivity index (χ1n) is 17.5. The molecule has 0 atom stereocenters. The van der Waals surface area contributed by atoms with Crippen LogP contribution in [0.2, 0.25) is 0 Å². The SMILES string of the molecule is c1ccc(Cc2cc(N(c3ccccc3)c3ccccc3)cc(N(c3ccccc3)c3c(-c4ccccc4)cccc3-c3ccccc3)c2)cc1. The Labute approximate surface area is 301 Å². The highest BCUT2D eigenvalue weighted by Gasteiger charge is 2.24. The number of rotatable bonds is 10. The molecule has 0 amide bonds. The molecule has 0 bridgehead atoms. The minimum absolute atomic E-state index is 0.799. The van der Waals surface area contributed by atoms with Crippen LogP contribution < -0.4 is 9.80 Å². The van der Waals surface area contributed by atoms with E-state index < -0.39 is 0 Å². The normalized spacial score (nSPS) is 10.8. The van der Waals surface area contributed by atoms with Crippen LogP contribution in [-0.4, -0.2) is 0 Å². The highest BCUT2D eigenvalue weighted by Crippen LogP contribution is 2.48. The Morgan fingerprint density at radius 1 is 0.275 bits per heavy atom. The van der Waals surface area contributed by atoms with Gasteiger partial charge < -0.3 is 9.80 Å². The lowest BCUT2D eigenvalue weighted by Gasteiger charge is -2.32. The fourth-order valence-electron chi connectivity index (χ4n) is 6.92. The molecule has 0 saturated carbocycles. The smallest absolute Gasteiger partial charge is 0.0618 e. The van der Waals surface area contributed by atoms with E-state index >= 15 is 0 Å². The average molecular weight is 655 g/mol. The van der Waals surface area contributed by atoms with Crippen LogP contribution in [0.3, 0.4) is 0 Å². The number of para-hydroxylation sites is 4. The quantitative estimate of drug-likeness (QED) is 0.145. The third kappa shape index (κ3) is 6.94. The van der Waals surface area contributed by atoms with E-state index in [1.54, 1.807) is 0 Å².